The van der Waals surface area contributed by atoms with E-state index in [9.17, 15) is 0 Å². The van der Waals surface area contributed by atoms with Gasteiger partial charge in [0.05, 0.1) is 0 Å². The van der Waals surface area contributed by atoms with Crippen LogP contribution in [0.15, 0.2) is 84.9 Å². The molecular formula is C30H38Cl2SiZr-4. The van der Waals surface area contributed by atoms with E-state index in [1.807, 2.05) is 0 Å². The van der Waals surface area contributed by atoms with E-state index < -0.39 is 0 Å². The Morgan fingerprint density at radius 1 is 0.500 bits per heavy atom. The number of fused-ring (bicyclic) bond motifs is 2. The van der Waals surface area contributed by atoms with Gasteiger partial charge in [-0.15, -0.1) is 84.1 Å². The predicted molar refractivity (Wildman–Crippen MR) is 154 cm³/mol. The first-order chi connectivity index (χ1) is 15.9. The van der Waals surface area contributed by atoms with E-state index in [1.165, 1.54) is 109 Å². The SMILES string of the molecule is Cl.Cl.[CH-]1CCCCC1.[CH-]1CCCCC1.[Si]=[Zr].c1ccc2[cH-]ccc2c1.c1ccc2[cH-]ccc2c1. The molecule has 184 valence electrons. The Morgan fingerprint density at radius 2 is 0.853 bits per heavy atom. The van der Waals surface area contributed by atoms with E-state index in [0.29, 0.717) is 0 Å². The van der Waals surface area contributed by atoms with Gasteiger partial charge >= 0.3 is 30.2 Å². The van der Waals surface area contributed by atoms with E-state index in [4.69, 9.17) is 0 Å². The molecule has 4 aromatic carbocycles. The molecule has 0 aromatic heterocycles. The third-order valence-electron chi connectivity index (χ3n) is 5.73. The average molecular weight is 589 g/mol. The van der Waals surface area contributed by atoms with Crippen LogP contribution in [0.2, 0.25) is 0 Å². The number of hydrogen-bond donors (Lipinski definition) is 0. The topological polar surface area (TPSA) is 0 Å². The molecule has 2 fully saturated rings. The van der Waals surface area contributed by atoms with Crippen molar-refractivity contribution in [1.29, 1.82) is 0 Å². The molecular weight excluding hydrogens is 551 g/mol. The summed E-state index contributed by atoms with van der Waals surface area (Å²) in [7, 11) is 0. The van der Waals surface area contributed by atoms with Gasteiger partial charge in [0.15, 0.2) is 0 Å². The van der Waals surface area contributed by atoms with Crippen LogP contribution in [-0.2, 0) is 23.3 Å². The molecule has 0 spiro atoms. The summed E-state index contributed by atoms with van der Waals surface area (Å²) in [6, 6.07) is 29.3. The molecule has 0 heterocycles. The maximum absolute atomic E-state index is 3.06. The molecule has 0 nitrogen and oxygen atoms in total. The first kappa shape index (κ1) is 33.3. The van der Waals surface area contributed by atoms with Gasteiger partial charge in [0, 0.05) is 0 Å². The van der Waals surface area contributed by atoms with Crippen LogP contribution in [0.1, 0.15) is 64.2 Å². The maximum atomic E-state index is 3.06. The summed E-state index contributed by atoms with van der Waals surface area (Å²) in [6.07, 6.45) is 19.0. The smallest absolute Gasteiger partial charge is 0.0809 e. The Morgan fingerprint density at radius 3 is 1.12 bits per heavy atom. The fraction of sp³-hybridized carbons (Fsp3) is 0.333. The normalized spacial score (nSPS) is 14.0. The van der Waals surface area contributed by atoms with Crippen LogP contribution in [0.4, 0.5) is 0 Å². The summed E-state index contributed by atoms with van der Waals surface area (Å²) < 4.78 is 0. The molecule has 0 aliphatic heterocycles. The van der Waals surface area contributed by atoms with E-state index >= 15 is 0 Å². The van der Waals surface area contributed by atoms with Gasteiger partial charge in [0.1, 0.15) is 0 Å². The van der Waals surface area contributed by atoms with Gasteiger partial charge in [0.2, 0.25) is 0 Å². The van der Waals surface area contributed by atoms with E-state index in [-0.39, 0.29) is 24.8 Å². The van der Waals surface area contributed by atoms with Crippen molar-refractivity contribution in [2.75, 3.05) is 0 Å². The molecule has 0 N–H and O–H groups in total. The summed E-state index contributed by atoms with van der Waals surface area (Å²) in [5.74, 6) is 0. The molecule has 34 heavy (non-hydrogen) atoms. The fourth-order valence-electron chi connectivity index (χ4n) is 3.94. The van der Waals surface area contributed by atoms with Crippen molar-refractivity contribution in [2.45, 2.75) is 64.2 Å². The molecule has 2 aliphatic rings. The van der Waals surface area contributed by atoms with Crippen molar-refractivity contribution in [3.05, 3.63) is 97.8 Å². The third kappa shape index (κ3) is 14.0. The van der Waals surface area contributed by atoms with E-state index in [2.05, 4.69) is 105 Å². The Bertz CT molecular complexity index is 793. The Balaban J connectivity index is 0.000000416. The van der Waals surface area contributed by atoms with Gasteiger partial charge in [-0.2, -0.15) is 60.7 Å². The van der Waals surface area contributed by atoms with Crippen LogP contribution in [0.5, 0.6) is 0 Å². The molecule has 4 aromatic rings. The van der Waals surface area contributed by atoms with Gasteiger partial charge in [-0.3, -0.25) is 0 Å². The van der Waals surface area contributed by atoms with Crippen LogP contribution in [0.25, 0.3) is 21.5 Å². The Hall–Kier alpha value is -0.660. The third-order valence-corrected chi connectivity index (χ3v) is 5.73. The number of benzene rings is 2. The second-order valence-electron chi connectivity index (χ2n) is 8.16. The molecule has 0 saturated heterocycles. The van der Waals surface area contributed by atoms with Crippen LogP contribution in [0, 0.1) is 12.8 Å². The molecule has 0 bridgehead atoms. The average Bonchev–Trinajstić information content (AvgIpc) is 3.58. The van der Waals surface area contributed by atoms with Crippen molar-refractivity contribution in [1.82, 2.24) is 0 Å². The van der Waals surface area contributed by atoms with Gasteiger partial charge in [-0.25, -0.2) is 0 Å². The monoisotopic (exact) mass is 586 g/mol. The largest absolute Gasteiger partial charge is 0.168 e. The van der Waals surface area contributed by atoms with Crippen molar-refractivity contribution in [2.24, 2.45) is 0 Å². The molecule has 2 aliphatic carbocycles. The van der Waals surface area contributed by atoms with Crippen molar-refractivity contribution < 1.29 is 23.3 Å². The molecule has 0 amide bonds. The number of hydrogen-bond acceptors (Lipinski definition) is 0. The summed E-state index contributed by atoms with van der Waals surface area (Å²) in [5.41, 5.74) is 0. The van der Waals surface area contributed by atoms with E-state index in [0.717, 1.165) is 0 Å². The minimum Gasteiger partial charge on any atom is -0.168 e. The second kappa shape index (κ2) is 22.8. The molecule has 0 unspecified atom stereocenters. The van der Waals surface area contributed by atoms with Crippen LogP contribution in [0.3, 0.4) is 0 Å². The number of halogens is 2. The minimum absolute atomic E-state index is 0. The van der Waals surface area contributed by atoms with Gasteiger partial charge in [-0.05, 0) is 0 Å². The summed E-state index contributed by atoms with van der Waals surface area (Å²) >= 11 is 1.36. The molecule has 2 saturated carbocycles. The quantitative estimate of drug-likeness (QED) is 0.142. The van der Waals surface area contributed by atoms with Crippen molar-refractivity contribution >= 4 is 53.2 Å². The summed E-state index contributed by atoms with van der Waals surface area (Å²) in [6.45, 7) is 3.06. The van der Waals surface area contributed by atoms with Crippen molar-refractivity contribution in [3.8, 4) is 0 Å². The van der Waals surface area contributed by atoms with Gasteiger partial charge < -0.3 is 12.8 Å². The fourth-order valence-corrected chi connectivity index (χ4v) is 3.94. The number of rotatable bonds is 0. The molecule has 4 heteroatoms. The predicted octanol–water partition coefficient (Wildman–Crippen LogP) is 9.89. The Labute approximate surface area is 237 Å². The molecule has 2 radical (unpaired) electrons. The van der Waals surface area contributed by atoms with Gasteiger partial charge in [0.25, 0.3) is 0 Å². The standard InChI is InChI=1S/2C9H7.2C6H11.2ClH.Si.Zr/c2*1-2-5-9-7-3-6-8(9)4-1;2*1-2-4-6-5-3-1;;;;/h2*1-7H;2*1H,2-6H2;2*1H;;/q4*-1;;;;. The van der Waals surface area contributed by atoms with Crippen molar-refractivity contribution in [3.63, 3.8) is 0 Å². The van der Waals surface area contributed by atoms with Crippen LogP contribution >= 0.6 is 24.8 Å². The van der Waals surface area contributed by atoms with Crippen LogP contribution in [-0.4, -0.2) is 6.88 Å². The zero-order chi connectivity index (χ0) is 22.7. The minimum atomic E-state index is 0. The summed E-state index contributed by atoms with van der Waals surface area (Å²) in [5, 5.41) is 5.32. The molecule has 6 rings (SSSR count). The first-order valence-electron chi connectivity index (χ1n) is 12.0. The second-order valence-corrected chi connectivity index (χ2v) is 8.16. The first-order valence-corrected chi connectivity index (χ1v) is 16.2. The zero-order valence-corrected chi connectivity index (χ0v) is 25.2. The van der Waals surface area contributed by atoms with Crippen LogP contribution < -0.4 is 0 Å². The Kier molecular flexibility index (Phi) is 22.3. The maximum Gasteiger partial charge on any atom is -0.0809 e. The molecule has 0 atom stereocenters. The van der Waals surface area contributed by atoms with E-state index in [1.54, 1.807) is 0 Å². The summed E-state index contributed by atoms with van der Waals surface area (Å²) in [4.78, 5) is 0. The zero-order valence-electron chi connectivity index (χ0n) is 20.1. The van der Waals surface area contributed by atoms with Gasteiger partial charge in [-0.1, -0.05) is 50.7 Å².